The molecule has 3 aromatic rings. The monoisotopic (exact) mass is 400 g/mol. The zero-order chi connectivity index (χ0) is 20.0. The predicted molar refractivity (Wildman–Crippen MR) is 107 cm³/mol. The molecule has 0 unspecified atom stereocenters. The lowest BCUT2D eigenvalue weighted by atomic mass is 10.1. The Bertz CT molecular complexity index is 1040. The molecular formula is C20H21FN4O2S. The summed E-state index contributed by atoms with van der Waals surface area (Å²) in [5.41, 5.74) is 3.00. The normalized spacial score (nSPS) is 11.8. The maximum Gasteiger partial charge on any atom is 0.276 e. The van der Waals surface area contributed by atoms with Crippen LogP contribution < -0.4 is 4.83 Å². The number of unbranched alkanes of at least 4 members (excludes halogenated alkanes) is 1. The highest BCUT2D eigenvalue weighted by atomic mass is 32.2. The Labute approximate surface area is 163 Å². The number of nitrogens with one attached hydrogen (secondary N) is 2. The van der Waals surface area contributed by atoms with Crippen LogP contribution in [0, 0.1) is 5.82 Å². The third-order valence-corrected chi connectivity index (χ3v) is 5.47. The van der Waals surface area contributed by atoms with E-state index in [9.17, 15) is 12.8 Å². The molecule has 3 rings (SSSR count). The molecule has 28 heavy (non-hydrogen) atoms. The second-order valence-corrected chi connectivity index (χ2v) is 7.97. The maximum atomic E-state index is 13.1. The number of hydrogen-bond acceptors (Lipinski definition) is 4. The molecule has 2 N–H and O–H groups in total. The van der Waals surface area contributed by atoms with Crippen LogP contribution >= 0.6 is 0 Å². The van der Waals surface area contributed by atoms with E-state index in [0.717, 1.165) is 24.8 Å². The minimum atomic E-state index is -3.76. The first-order chi connectivity index (χ1) is 13.5. The topological polar surface area (TPSA) is 87.2 Å². The van der Waals surface area contributed by atoms with E-state index in [4.69, 9.17) is 0 Å². The van der Waals surface area contributed by atoms with Crippen molar-refractivity contribution in [3.8, 4) is 11.3 Å². The maximum absolute atomic E-state index is 13.1. The van der Waals surface area contributed by atoms with Crippen molar-refractivity contribution in [1.82, 2.24) is 15.0 Å². The predicted octanol–water partition coefficient (Wildman–Crippen LogP) is 3.87. The molecule has 1 heterocycles. The summed E-state index contributed by atoms with van der Waals surface area (Å²) >= 11 is 0. The van der Waals surface area contributed by atoms with Crippen molar-refractivity contribution < 1.29 is 12.8 Å². The Morgan fingerprint density at radius 2 is 1.86 bits per heavy atom. The van der Waals surface area contributed by atoms with Crippen LogP contribution in [0.25, 0.3) is 11.3 Å². The lowest BCUT2D eigenvalue weighted by molar-refractivity contribution is 0.584. The first-order valence-electron chi connectivity index (χ1n) is 8.92. The van der Waals surface area contributed by atoms with Crippen molar-refractivity contribution in [2.24, 2.45) is 5.10 Å². The highest BCUT2D eigenvalue weighted by Crippen LogP contribution is 2.20. The van der Waals surface area contributed by atoms with Crippen LogP contribution in [0.15, 0.2) is 64.7 Å². The molecule has 2 aromatic carbocycles. The van der Waals surface area contributed by atoms with Gasteiger partial charge in [-0.3, -0.25) is 5.10 Å². The largest absolute Gasteiger partial charge is 0.277 e. The summed E-state index contributed by atoms with van der Waals surface area (Å²) in [7, 11) is -3.76. The molecule has 6 nitrogen and oxygen atoms in total. The van der Waals surface area contributed by atoms with Gasteiger partial charge in [0, 0.05) is 11.1 Å². The summed E-state index contributed by atoms with van der Waals surface area (Å²) in [6.45, 7) is 2.11. The smallest absolute Gasteiger partial charge is 0.276 e. The Hall–Kier alpha value is -3.00. The van der Waals surface area contributed by atoms with Gasteiger partial charge in [0.05, 0.1) is 23.0 Å². The fourth-order valence-corrected chi connectivity index (χ4v) is 3.47. The number of aromatic amines is 1. The van der Waals surface area contributed by atoms with Gasteiger partial charge in [-0.25, -0.2) is 9.22 Å². The third kappa shape index (κ3) is 4.83. The quantitative estimate of drug-likeness (QED) is 0.444. The molecule has 8 heteroatoms. The summed E-state index contributed by atoms with van der Waals surface area (Å²) in [5.74, 6) is -0.341. The second-order valence-electron chi connectivity index (χ2n) is 6.31. The second kappa shape index (κ2) is 8.79. The van der Waals surface area contributed by atoms with Crippen LogP contribution in [0.3, 0.4) is 0 Å². The molecule has 0 aliphatic rings. The fourth-order valence-electron chi connectivity index (χ4n) is 2.68. The SMILES string of the molecule is CCCCc1ccc(S(=O)(=O)N/N=C/c2cn[nH]c2-c2ccc(F)cc2)cc1. The van der Waals surface area contributed by atoms with Gasteiger partial charge in [0.1, 0.15) is 5.82 Å². The van der Waals surface area contributed by atoms with Gasteiger partial charge >= 0.3 is 0 Å². The van der Waals surface area contributed by atoms with Crippen molar-refractivity contribution in [2.75, 3.05) is 0 Å². The van der Waals surface area contributed by atoms with Crippen LogP contribution in [-0.2, 0) is 16.4 Å². The Kier molecular flexibility index (Phi) is 6.20. The number of H-pyrrole nitrogens is 1. The zero-order valence-corrected chi connectivity index (χ0v) is 16.2. The van der Waals surface area contributed by atoms with Gasteiger partial charge < -0.3 is 0 Å². The van der Waals surface area contributed by atoms with Crippen molar-refractivity contribution >= 4 is 16.2 Å². The highest BCUT2D eigenvalue weighted by molar-refractivity contribution is 7.89. The average molecular weight is 400 g/mol. The first kappa shape index (κ1) is 19.8. The van der Waals surface area contributed by atoms with Crippen LogP contribution in [0.5, 0.6) is 0 Å². The summed E-state index contributed by atoms with van der Waals surface area (Å²) < 4.78 is 37.9. The van der Waals surface area contributed by atoms with E-state index in [1.54, 1.807) is 24.3 Å². The van der Waals surface area contributed by atoms with Crippen molar-refractivity contribution in [1.29, 1.82) is 0 Å². The van der Waals surface area contributed by atoms with Crippen LogP contribution in [0.4, 0.5) is 4.39 Å². The highest BCUT2D eigenvalue weighted by Gasteiger charge is 2.13. The number of aryl methyl sites for hydroxylation is 1. The number of hydrogen-bond donors (Lipinski definition) is 2. The van der Waals surface area contributed by atoms with Gasteiger partial charge in [-0.15, -0.1) is 0 Å². The molecule has 0 spiro atoms. The van der Waals surface area contributed by atoms with Crippen LogP contribution in [0.1, 0.15) is 30.9 Å². The number of hydrazone groups is 1. The van der Waals surface area contributed by atoms with Gasteiger partial charge in [-0.2, -0.15) is 18.6 Å². The summed E-state index contributed by atoms with van der Waals surface area (Å²) in [6, 6.07) is 12.7. The van der Waals surface area contributed by atoms with E-state index in [0.29, 0.717) is 16.8 Å². The molecule has 1 aromatic heterocycles. The molecule has 0 fully saturated rings. The zero-order valence-electron chi connectivity index (χ0n) is 15.4. The van der Waals surface area contributed by atoms with Gasteiger partial charge in [0.15, 0.2) is 0 Å². The lowest BCUT2D eigenvalue weighted by Crippen LogP contribution is -2.18. The minimum Gasteiger partial charge on any atom is -0.277 e. The molecule has 0 bridgehead atoms. The Balaban J connectivity index is 1.70. The number of rotatable bonds is 8. The number of halogens is 1. The number of aromatic nitrogens is 2. The summed E-state index contributed by atoms with van der Waals surface area (Å²) in [6.07, 6.45) is 5.95. The van der Waals surface area contributed by atoms with Gasteiger partial charge in [-0.1, -0.05) is 25.5 Å². The standard InChI is InChI=1S/C20H21FN4O2S/c1-2-3-4-15-5-11-19(12-6-15)28(26,27)25-23-14-17-13-22-24-20(17)16-7-9-18(21)10-8-16/h5-14,25H,2-4H2,1H3,(H,22,24)/b23-14+. The van der Waals surface area contributed by atoms with E-state index in [2.05, 4.69) is 27.1 Å². The summed E-state index contributed by atoms with van der Waals surface area (Å²) in [4.78, 5) is 2.35. The molecule has 0 saturated carbocycles. The van der Waals surface area contributed by atoms with E-state index >= 15 is 0 Å². The summed E-state index contributed by atoms with van der Waals surface area (Å²) in [5, 5.41) is 10.6. The Morgan fingerprint density at radius 1 is 1.14 bits per heavy atom. The molecular weight excluding hydrogens is 379 g/mol. The van der Waals surface area contributed by atoms with Gasteiger partial charge in [-0.05, 0) is 54.8 Å². The first-order valence-corrected chi connectivity index (χ1v) is 10.4. The number of benzene rings is 2. The Morgan fingerprint density at radius 3 is 2.54 bits per heavy atom. The van der Waals surface area contributed by atoms with E-state index in [1.807, 2.05) is 12.1 Å². The van der Waals surface area contributed by atoms with E-state index < -0.39 is 10.0 Å². The molecule has 0 atom stereocenters. The van der Waals surface area contributed by atoms with Gasteiger partial charge in [0.2, 0.25) is 0 Å². The minimum absolute atomic E-state index is 0.149. The number of nitrogens with zero attached hydrogens (tertiary/aromatic N) is 2. The third-order valence-electron chi connectivity index (χ3n) is 4.23. The van der Waals surface area contributed by atoms with E-state index in [-0.39, 0.29) is 10.7 Å². The van der Waals surface area contributed by atoms with Crippen molar-refractivity contribution in [3.05, 3.63) is 71.7 Å². The van der Waals surface area contributed by atoms with Gasteiger partial charge in [0.25, 0.3) is 10.0 Å². The molecule has 146 valence electrons. The molecule has 0 aliphatic carbocycles. The fraction of sp³-hybridized carbons (Fsp3) is 0.200. The van der Waals surface area contributed by atoms with Crippen LogP contribution in [0.2, 0.25) is 0 Å². The van der Waals surface area contributed by atoms with Crippen molar-refractivity contribution in [3.63, 3.8) is 0 Å². The van der Waals surface area contributed by atoms with Crippen molar-refractivity contribution in [2.45, 2.75) is 31.1 Å². The molecule has 0 radical (unpaired) electrons. The molecule has 0 saturated heterocycles. The lowest BCUT2D eigenvalue weighted by Gasteiger charge is -2.05. The number of sulfonamides is 1. The average Bonchev–Trinajstić information content (AvgIpc) is 3.15. The molecule has 0 amide bonds. The molecule has 0 aliphatic heterocycles. The van der Waals surface area contributed by atoms with Crippen LogP contribution in [-0.4, -0.2) is 24.8 Å². The van der Waals surface area contributed by atoms with E-state index in [1.165, 1.54) is 24.5 Å².